The molecule has 3 aliphatic rings. The third-order valence-corrected chi connectivity index (χ3v) is 6.76. The lowest BCUT2D eigenvalue weighted by Crippen LogP contribution is -2.16. The van der Waals surface area contributed by atoms with E-state index in [0.717, 1.165) is 40.8 Å². The van der Waals surface area contributed by atoms with Crippen LogP contribution in [0.5, 0.6) is 5.88 Å². The number of nitrogens with one attached hydrogen (secondary N) is 1. The van der Waals surface area contributed by atoms with Crippen molar-refractivity contribution in [2.75, 3.05) is 12.4 Å². The summed E-state index contributed by atoms with van der Waals surface area (Å²) in [6.07, 6.45) is 3.77. The minimum Gasteiger partial charge on any atom is -0.480 e. The predicted molar refractivity (Wildman–Crippen MR) is 140 cm³/mol. The highest BCUT2D eigenvalue weighted by Gasteiger charge is 2.22. The Labute approximate surface area is 216 Å². The second-order valence-corrected chi connectivity index (χ2v) is 9.40. The van der Waals surface area contributed by atoms with E-state index in [1.54, 1.807) is 31.5 Å². The Morgan fingerprint density at radius 1 is 1.03 bits per heavy atom. The molecule has 2 aromatic carbocycles. The van der Waals surface area contributed by atoms with E-state index in [1.807, 2.05) is 34.9 Å². The van der Waals surface area contributed by atoms with Gasteiger partial charge in [-0.2, -0.15) is 0 Å². The first-order chi connectivity index (χ1) is 17.5. The van der Waals surface area contributed by atoms with E-state index in [4.69, 9.17) is 37.9 Å². The fourth-order valence-corrected chi connectivity index (χ4v) is 4.46. The lowest BCUT2D eigenvalue weighted by molar-refractivity contribution is 0.400. The topological polar surface area (TPSA) is 64.3 Å². The molecule has 0 radical (unpaired) electrons. The maximum absolute atomic E-state index is 14.2. The molecule has 9 heteroatoms. The first kappa shape index (κ1) is 22.8. The maximum Gasteiger partial charge on any atom is 0.237 e. The SMILES string of the molecule is COc1ncccc1Nc1cc2nc3cc(F)ccc3n(-c3ccc(Cl)c(Cl)c3)c-2c/c1=N\C1CC1. The van der Waals surface area contributed by atoms with Crippen LogP contribution in [-0.4, -0.2) is 27.7 Å². The van der Waals surface area contributed by atoms with Gasteiger partial charge in [0.25, 0.3) is 0 Å². The van der Waals surface area contributed by atoms with Crippen molar-refractivity contribution in [1.29, 1.82) is 0 Å². The van der Waals surface area contributed by atoms with E-state index < -0.39 is 0 Å². The highest BCUT2D eigenvalue weighted by Crippen LogP contribution is 2.34. The van der Waals surface area contributed by atoms with Gasteiger partial charge in [0.15, 0.2) is 0 Å². The van der Waals surface area contributed by atoms with Crippen LogP contribution in [0.25, 0.3) is 28.1 Å². The molecule has 6 nitrogen and oxygen atoms in total. The number of methoxy groups -OCH3 is 1. The Balaban J connectivity index is 1.65. The molecule has 0 bridgehead atoms. The fraction of sp³-hybridized carbons (Fsp3) is 0.148. The summed E-state index contributed by atoms with van der Waals surface area (Å²) in [4.78, 5) is 14.0. The third kappa shape index (κ3) is 4.25. The van der Waals surface area contributed by atoms with E-state index in [0.29, 0.717) is 32.8 Å². The van der Waals surface area contributed by atoms with Crippen LogP contribution in [0.1, 0.15) is 12.8 Å². The number of anilines is 2. The zero-order valence-electron chi connectivity index (χ0n) is 19.2. The molecule has 2 heterocycles. The largest absolute Gasteiger partial charge is 0.480 e. The summed E-state index contributed by atoms with van der Waals surface area (Å²) in [6.45, 7) is 0. The van der Waals surface area contributed by atoms with Crippen molar-refractivity contribution in [3.05, 3.63) is 88.1 Å². The second kappa shape index (κ2) is 9.08. The van der Waals surface area contributed by atoms with Gasteiger partial charge < -0.3 is 14.6 Å². The summed E-state index contributed by atoms with van der Waals surface area (Å²) in [5.74, 6) is 0.100. The minimum atomic E-state index is -0.367. The van der Waals surface area contributed by atoms with Crippen molar-refractivity contribution in [1.82, 2.24) is 14.5 Å². The summed E-state index contributed by atoms with van der Waals surface area (Å²) >= 11 is 12.6. The molecule has 1 N–H and O–H groups in total. The van der Waals surface area contributed by atoms with Gasteiger partial charge in [-0.25, -0.2) is 14.4 Å². The number of halogens is 3. The number of hydrogen-bond donors (Lipinski definition) is 1. The number of benzene rings is 3. The van der Waals surface area contributed by atoms with Crippen LogP contribution < -0.4 is 15.4 Å². The lowest BCUT2D eigenvalue weighted by atomic mass is 10.1. The quantitative estimate of drug-likeness (QED) is 0.259. The van der Waals surface area contributed by atoms with Crippen molar-refractivity contribution < 1.29 is 9.13 Å². The predicted octanol–water partition coefficient (Wildman–Crippen LogP) is 6.79. The van der Waals surface area contributed by atoms with Gasteiger partial charge in [-0.15, -0.1) is 0 Å². The highest BCUT2D eigenvalue weighted by molar-refractivity contribution is 6.42. The van der Waals surface area contributed by atoms with Gasteiger partial charge in [-0.1, -0.05) is 23.2 Å². The smallest absolute Gasteiger partial charge is 0.237 e. The standard InChI is InChI=1S/C27H20Cl2FN5O/c1-36-27-20(3-2-10-31-27)33-21-13-24-26(14-22(21)32-16-5-6-16)35(17-7-8-18(28)19(29)12-17)25-9-4-15(30)11-23(25)34-24/h2-4,7-14,16,33H,5-6H2,1H3/b32-22+. The number of rotatable bonds is 5. The first-order valence-corrected chi connectivity index (χ1v) is 12.2. The average molecular weight is 520 g/mol. The second-order valence-electron chi connectivity index (χ2n) is 8.58. The van der Waals surface area contributed by atoms with E-state index in [1.165, 1.54) is 12.1 Å². The zero-order valence-corrected chi connectivity index (χ0v) is 20.7. The van der Waals surface area contributed by atoms with Crippen LogP contribution in [0.4, 0.5) is 15.8 Å². The Hall–Kier alpha value is -3.68. The lowest BCUT2D eigenvalue weighted by Gasteiger charge is -2.21. The fourth-order valence-electron chi connectivity index (χ4n) is 4.17. The Morgan fingerprint density at radius 2 is 1.89 bits per heavy atom. The molecule has 0 saturated heterocycles. The van der Waals surface area contributed by atoms with Gasteiger partial charge in [-0.05, 0) is 67.4 Å². The molecule has 0 amide bonds. The van der Waals surface area contributed by atoms with Crippen LogP contribution in [0.2, 0.25) is 10.0 Å². The van der Waals surface area contributed by atoms with Crippen LogP contribution in [0, 0.1) is 5.82 Å². The molecule has 1 aliphatic heterocycles. The number of ether oxygens (including phenoxy) is 1. The van der Waals surface area contributed by atoms with Crippen LogP contribution in [0.15, 0.2) is 71.9 Å². The van der Waals surface area contributed by atoms with E-state index in [-0.39, 0.29) is 11.9 Å². The molecule has 36 heavy (non-hydrogen) atoms. The Bertz CT molecular complexity index is 1660. The van der Waals surface area contributed by atoms with E-state index in [2.05, 4.69) is 10.3 Å². The molecule has 1 fully saturated rings. The summed E-state index contributed by atoms with van der Waals surface area (Å²) in [5.41, 5.74) is 4.93. The summed E-state index contributed by atoms with van der Waals surface area (Å²) < 4.78 is 21.6. The van der Waals surface area contributed by atoms with E-state index in [9.17, 15) is 4.39 Å². The summed E-state index contributed by atoms with van der Waals surface area (Å²) in [7, 11) is 1.58. The first-order valence-electron chi connectivity index (χ1n) is 11.4. The molecule has 0 atom stereocenters. The molecule has 0 unspecified atom stereocenters. The molecular formula is C27H20Cl2FN5O. The van der Waals surface area contributed by atoms with Crippen LogP contribution >= 0.6 is 23.2 Å². The van der Waals surface area contributed by atoms with Gasteiger partial charge in [0.2, 0.25) is 5.88 Å². The molecule has 6 rings (SSSR count). The third-order valence-electron chi connectivity index (χ3n) is 6.02. The van der Waals surface area contributed by atoms with Crippen molar-refractivity contribution in [3.63, 3.8) is 0 Å². The monoisotopic (exact) mass is 519 g/mol. The van der Waals surface area contributed by atoms with Gasteiger partial charge >= 0.3 is 0 Å². The van der Waals surface area contributed by atoms with Crippen LogP contribution in [-0.2, 0) is 0 Å². The molecule has 1 saturated carbocycles. The number of aromatic nitrogens is 3. The van der Waals surface area contributed by atoms with Crippen molar-refractivity contribution >= 4 is 45.6 Å². The van der Waals surface area contributed by atoms with Crippen molar-refractivity contribution in [3.8, 4) is 23.0 Å². The van der Waals surface area contributed by atoms with Crippen molar-refractivity contribution in [2.24, 2.45) is 4.99 Å². The molecule has 180 valence electrons. The number of nitrogens with zero attached hydrogens (tertiary/aromatic N) is 4. The molecular weight excluding hydrogens is 500 g/mol. The molecule has 1 aromatic heterocycles. The van der Waals surface area contributed by atoms with Gasteiger partial charge in [0.05, 0.1) is 56.7 Å². The molecule has 0 spiro atoms. The number of fused-ring (bicyclic) bond motifs is 2. The highest BCUT2D eigenvalue weighted by atomic mass is 35.5. The summed E-state index contributed by atoms with van der Waals surface area (Å²) in [5, 5.41) is 5.07. The normalized spacial score (nSPS) is 13.9. The molecule has 2 aliphatic carbocycles. The van der Waals surface area contributed by atoms with Gasteiger partial charge in [0.1, 0.15) is 11.5 Å². The van der Waals surface area contributed by atoms with Crippen LogP contribution in [0.3, 0.4) is 0 Å². The maximum atomic E-state index is 14.2. The zero-order chi connectivity index (χ0) is 24.8. The van der Waals surface area contributed by atoms with Gasteiger partial charge in [0, 0.05) is 18.0 Å². The van der Waals surface area contributed by atoms with Gasteiger partial charge in [-0.3, -0.25) is 4.99 Å². The van der Waals surface area contributed by atoms with E-state index >= 15 is 0 Å². The number of hydrogen-bond acceptors (Lipinski definition) is 5. The number of pyridine rings is 1. The molecule has 3 aromatic rings. The minimum absolute atomic E-state index is 0.278. The Kier molecular flexibility index (Phi) is 5.74. The summed E-state index contributed by atoms with van der Waals surface area (Å²) in [6, 6.07) is 17.9. The Morgan fingerprint density at radius 3 is 2.67 bits per heavy atom. The van der Waals surface area contributed by atoms with Crippen molar-refractivity contribution in [2.45, 2.75) is 18.9 Å². The average Bonchev–Trinajstić information content (AvgIpc) is 3.69.